The van der Waals surface area contributed by atoms with Gasteiger partial charge in [0.25, 0.3) is 0 Å². The second-order valence-electron chi connectivity index (χ2n) is 4.68. The number of urea groups is 1. The van der Waals surface area contributed by atoms with E-state index in [1.165, 1.54) is 18.6 Å². The van der Waals surface area contributed by atoms with Gasteiger partial charge in [-0.3, -0.25) is 5.32 Å². The maximum Gasteiger partial charge on any atom is 0.320 e. The highest BCUT2D eigenvalue weighted by Gasteiger charge is 2.21. The van der Waals surface area contributed by atoms with Crippen LogP contribution < -0.4 is 10.6 Å². The summed E-state index contributed by atoms with van der Waals surface area (Å²) < 4.78 is 1.80. The number of nitrogens with zero attached hydrogens (tertiary/aromatic N) is 4. The second-order valence-corrected chi connectivity index (χ2v) is 5.49. The lowest BCUT2D eigenvalue weighted by molar-refractivity contribution is 0.243. The first-order valence-electron chi connectivity index (χ1n) is 6.37. The molecule has 2 aromatic heterocycles. The SMILES string of the molecule is O=C(Nc1cc(Cl)c(Cl)cn1)N[C@@H]1CCc2ncnn2C1. The molecular weight excluding hydrogens is 315 g/mol. The van der Waals surface area contributed by atoms with E-state index in [0.717, 1.165) is 18.7 Å². The molecule has 0 saturated carbocycles. The van der Waals surface area contributed by atoms with Crippen LogP contribution in [0.3, 0.4) is 0 Å². The molecule has 0 aromatic carbocycles. The number of anilines is 1. The van der Waals surface area contributed by atoms with Crippen LogP contribution in [0.4, 0.5) is 10.6 Å². The monoisotopic (exact) mass is 326 g/mol. The molecule has 7 nitrogen and oxygen atoms in total. The zero-order valence-corrected chi connectivity index (χ0v) is 12.4. The maximum atomic E-state index is 11.9. The summed E-state index contributed by atoms with van der Waals surface area (Å²) in [6.45, 7) is 0.609. The fraction of sp³-hybridized carbons (Fsp3) is 0.333. The Bertz CT molecular complexity index is 674. The summed E-state index contributed by atoms with van der Waals surface area (Å²) in [5.41, 5.74) is 0. The van der Waals surface area contributed by atoms with E-state index >= 15 is 0 Å². The summed E-state index contributed by atoms with van der Waals surface area (Å²) in [7, 11) is 0. The Morgan fingerprint density at radius 2 is 2.19 bits per heavy atom. The number of hydrogen-bond donors (Lipinski definition) is 2. The van der Waals surface area contributed by atoms with E-state index in [1.54, 1.807) is 4.68 Å². The van der Waals surface area contributed by atoms with Crippen LogP contribution in [-0.4, -0.2) is 31.8 Å². The Labute approximate surface area is 130 Å². The normalized spacial score (nSPS) is 17.1. The van der Waals surface area contributed by atoms with Gasteiger partial charge in [0.1, 0.15) is 18.0 Å². The average Bonchev–Trinajstić information content (AvgIpc) is 2.90. The van der Waals surface area contributed by atoms with Crippen molar-refractivity contribution in [1.82, 2.24) is 25.1 Å². The Hall–Kier alpha value is -1.86. The molecule has 21 heavy (non-hydrogen) atoms. The minimum atomic E-state index is -0.338. The highest BCUT2D eigenvalue weighted by Crippen LogP contribution is 2.22. The number of halogens is 2. The van der Waals surface area contributed by atoms with Crippen LogP contribution in [-0.2, 0) is 13.0 Å². The third-order valence-corrected chi connectivity index (χ3v) is 3.90. The van der Waals surface area contributed by atoms with Crippen molar-refractivity contribution in [2.45, 2.75) is 25.4 Å². The summed E-state index contributed by atoms with van der Waals surface area (Å²) >= 11 is 11.6. The van der Waals surface area contributed by atoms with E-state index in [-0.39, 0.29) is 12.1 Å². The molecule has 1 aliphatic heterocycles. The van der Waals surface area contributed by atoms with Gasteiger partial charge in [-0.2, -0.15) is 5.10 Å². The number of carbonyl (C=O) groups excluding carboxylic acids is 1. The Morgan fingerprint density at radius 1 is 1.33 bits per heavy atom. The highest BCUT2D eigenvalue weighted by atomic mass is 35.5. The predicted octanol–water partition coefficient (Wildman–Crippen LogP) is 2.12. The number of nitrogens with one attached hydrogen (secondary N) is 2. The molecular formula is C12H12Cl2N6O. The van der Waals surface area contributed by atoms with E-state index in [4.69, 9.17) is 23.2 Å². The lowest BCUT2D eigenvalue weighted by Gasteiger charge is -2.23. The van der Waals surface area contributed by atoms with Crippen molar-refractivity contribution in [1.29, 1.82) is 0 Å². The molecule has 9 heteroatoms. The molecule has 0 bridgehead atoms. The minimum Gasteiger partial charge on any atom is -0.333 e. The van der Waals surface area contributed by atoms with Crippen molar-refractivity contribution >= 4 is 35.1 Å². The van der Waals surface area contributed by atoms with Gasteiger partial charge in [0.2, 0.25) is 0 Å². The number of amides is 2. The molecule has 3 rings (SSSR count). The smallest absolute Gasteiger partial charge is 0.320 e. The summed E-state index contributed by atoms with van der Waals surface area (Å²) in [6, 6.07) is 1.16. The molecule has 0 saturated heterocycles. The number of carbonyl (C=O) groups is 1. The molecule has 110 valence electrons. The average molecular weight is 327 g/mol. The first-order valence-corrected chi connectivity index (χ1v) is 7.12. The highest BCUT2D eigenvalue weighted by molar-refractivity contribution is 6.42. The van der Waals surface area contributed by atoms with Gasteiger partial charge >= 0.3 is 6.03 Å². The van der Waals surface area contributed by atoms with Crippen molar-refractivity contribution in [2.75, 3.05) is 5.32 Å². The topological polar surface area (TPSA) is 84.7 Å². The van der Waals surface area contributed by atoms with E-state index in [9.17, 15) is 4.79 Å². The molecule has 0 fully saturated rings. The summed E-state index contributed by atoms with van der Waals surface area (Å²) in [4.78, 5) is 20.1. The Morgan fingerprint density at radius 3 is 3.00 bits per heavy atom. The molecule has 0 spiro atoms. The third-order valence-electron chi connectivity index (χ3n) is 3.19. The van der Waals surface area contributed by atoms with Crippen molar-refractivity contribution in [3.63, 3.8) is 0 Å². The van der Waals surface area contributed by atoms with Crippen molar-refractivity contribution in [3.8, 4) is 0 Å². The zero-order chi connectivity index (χ0) is 14.8. The van der Waals surface area contributed by atoms with E-state index in [2.05, 4.69) is 25.7 Å². The van der Waals surface area contributed by atoms with Crippen LogP contribution in [0.2, 0.25) is 10.0 Å². The second kappa shape index (κ2) is 5.87. The van der Waals surface area contributed by atoms with Gasteiger partial charge in [-0.15, -0.1) is 0 Å². The predicted molar refractivity (Wildman–Crippen MR) is 78.5 cm³/mol. The standard InChI is InChI=1S/C12H12Cl2N6O/c13-8-3-10(15-4-9(8)14)19-12(21)18-7-1-2-11-16-6-17-20(11)5-7/h3-4,6-7H,1-2,5H2,(H2,15,18,19,21)/t7-/m1/s1. The van der Waals surface area contributed by atoms with Crippen LogP contribution in [0, 0.1) is 0 Å². The van der Waals surface area contributed by atoms with Crippen molar-refractivity contribution in [3.05, 3.63) is 34.5 Å². The van der Waals surface area contributed by atoms with E-state index in [1.807, 2.05) is 0 Å². The number of fused-ring (bicyclic) bond motifs is 1. The maximum absolute atomic E-state index is 11.9. The molecule has 0 unspecified atom stereocenters. The van der Waals surface area contributed by atoms with Gasteiger partial charge in [-0.25, -0.2) is 19.4 Å². The number of hydrogen-bond acceptors (Lipinski definition) is 4. The quantitative estimate of drug-likeness (QED) is 0.885. The molecule has 1 aliphatic rings. The number of pyridine rings is 1. The van der Waals surface area contributed by atoms with Crippen LogP contribution in [0.15, 0.2) is 18.6 Å². The first kappa shape index (κ1) is 14.1. The molecule has 0 radical (unpaired) electrons. The first-order chi connectivity index (χ1) is 10.1. The van der Waals surface area contributed by atoms with Gasteiger partial charge in [-0.1, -0.05) is 23.2 Å². The lowest BCUT2D eigenvalue weighted by atomic mass is 10.1. The Balaban J connectivity index is 1.58. The fourth-order valence-electron chi connectivity index (χ4n) is 2.18. The van der Waals surface area contributed by atoms with Crippen LogP contribution >= 0.6 is 23.2 Å². The summed E-state index contributed by atoms with van der Waals surface area (Å²) in [5, 5.41) is 10.3. The molecule has 2 N–H and O–H groups in total. The van der Waals surface area contributed by atoms with Crippen molar-refractivity contribution in [2.24, 2.45) is 0 Å². The van der Waals surface area contributed by atoms with Crippen LogP contribution in [0.25, 0.3) is 0 Å². The van der Waals surface area contributed by atoms with Crippen LogP contribution in [0.1, 0.15) is 12.2 Å². The van der Waals surface area contributed by atoms with E-state index < -0.39 is 0 Å². The minimum absolute atomic E-state index is 0.00183. The molecule has 2 aromatic rings. The molecule has 2 amide bonds. The summed E-state index contributed by atoms with van der Waals surface area (Å²) in [6.07, 6.45) is 4.52. The number of rotatable bonds is 2. The largest absolute Gasteiger partial charge is 0.333 e. The fourth-order valence-corrected chi connectivity index (χ4v) is 2.43. The number of aromatic nitrogens is 4. The molecule has 1 atom stereocenters. The van der Waals surface area contributed by atoms with Gasteiger partial charge in [0, 0.05) is 18.7 Å². The van der Waals surface area contributed by atoms with Gasteiger partial charge in [0.05, 0.1) is 22.6 Å². The third kappa shape index (κ3) is 3.25. The summed E-state index contributed by atoms with van der Waals surface area (Å²) in [5.74, 6) is 1.29. The van der Waals surface area contributed by atoms with Gasteiger partial charge in [-0.05, 0) is 6.42 Å². The van der Waals surface area contributed by atoms with E-state index in [0.29, 0.717) is 22.4 Å². The lowest BCUT2D eigenvalue weighted by Crippen LogP contribution is -2.43. The molecule has 0 aliphatic carbocycles. The molecule has 3 heterocycles. The number of aryl methyl sites for hydroxylation is 1. The van der Waals surface area contributed by atoms with Gasteiger partial charge < -0.3 is 5.32 Å². The van der Waals surface area contributed by atoms with Gasteiger partial charge in [0.15, 0.2) is 0 Å². The van der Waals surface area contributed by atoms with Crippen LogP contribution in [0.5, 0.6) is 0 Å². The Kier molecular flexibility index (Phi) is 3.94. The zero-order valence-electron chi connectivity index (χ0n) is 10.9. The van der Waals surface area contributed by atoms with Crippen molar-refractivity contribution < 1.29 is 4.79 Å².